The van der Waals surface area contributed by atoms with Crippen molar-refractivity contribution in [3.63, 3.8) is 0 Å². The Morgan fingerprint density at radius 1 is 1.15 bits per heavy atom. The van der Waals surface area contributed by atoms with E-state index in [-0.39, 0.29) is 41.8 Å². The predicted octanol–water partition coefficient (Wildman–Crippen LogP) is 4.46. The van der Waals surface area contributed by atoms with Gasteiger partial charge in [-0.05, 0) is 44.2 Å². The predicted molar refractivity (Wildman–Crippen MR) is 106 cm³/mol. The first-order chi connectivity index (χ1) is 15.7. The highest BCUT2D eigenvalue weighted by Gasteiger charge is 2.37. The molecule has 5 rings (SSSR count). The molecule has 2 aliphatic rings. The van der Waals surface area contributed by atoms with Gasteiger partial charge in [0.25, 0.3) is 12.3 Å². The Morgan fingerprint density at radius 2 is 1.88 bits per heavy atom. The molecule has 1 amide bonds. The number of carbonyl (C=O) groups is 1. The second-order valence-electron chi connectivity index (χ2n) is 8.53. The van der Waals surface area contributed by atoms with Crippen molar-refractivity contribution < 1.29 is 26.7 Å². The molecule has 1 N–H and O–H groups in total. The first-order valence-corrected chi connectivity index (χ1v) is 10.8. The Labute approximate surface area is 185 Å². The third kappa shape index (κ3) is 4.42. The van der Waals surface area contributed by atoms with Gasteiger partial charge in [0.05, 0.1) is 6.20 Å². The summed E-state index contributed by atoms with van der Waals surface area (Å²) in [7, 11) is 0. The van der Waals surface area contributed by atoms with Crippen LogP contribution in [0.1, 0.15) is 83.5 Å². The van der Waals surface area contributed by atoms with Crippen molar-refractivity contribution in [2.24, 2.45) is 0 Å². The Kier molecular flexibility index (Phi) is 5.32. The lowest BCUT2D eigenvalue weighted by Crippen LogP contribution is -2.25. The molecule has 3 aromatic rings. The number of amides is 1. The van der Waals surface area contributed by atoms with E-state index in [0.717, 1.165) is 36.3 Å². The number of hydrogen-bond donors (Lipinski definition) is 1. The fraction of sp³-hybridized carbons (Fsp3) is 0.524. The second-order valence-corrected chi connectivity index (χ2v) is 8.53. The SMILES string of the molecule is O=C(NCCCn1nc(C(F)(F)F)cc1C1CC1)c1cnn2c(C(F)F)cc(C3CC3)nc12. The number of hydrogen-bond acceptors (Lipinski definition) is 4. The maximum atomic E-state index is 13.5. The Morgan fingerprint density at radius 3 is 2.52 bits per heavy atom. The third-order valence-electron chi connectivity index (χ3n) is 5.91. The molecule has 2 saturated carbocycles. The van der Waals surface area contributed by atoms with Crippen LogP contribution in [0, 0.1) is 0 Å². The van der Waals surface area contributed by atoms with Crippen LogP contribution in [0.5, 0.6) is 0 Å². The van der Waals surface area contributed by atoms with Crippen molar-refractivity contribution in [3.05, 3.63) is 46.7 Å². The minimum absolute atomic E-state index is 0.0742. The van der Waals surface area contributed by atoms with Crippen LogP contribution in [0.4, 0.5) is 22.0 Å². The number of carbonyl (C=O) groups excluding carboxylic acids is 1. The molecule has 0 unspecified atom stereocenters. The lowest BCUT2D eigenvalue weighted by molar-refractivity contribution is -0.141. The van der Waals surface area contributed by atoms with Crippen LogP contribution < -0.4 is 5.32 Å². The van der Waals surface area contributed by atoms with E-state index in [9.17, 15) is 26.7 Å². The zero-order valence-electron chi connectivity index (χ0n) is 17.4. The molecule has 0 aliphatic heterocycles. The van der Waals surface area contributed by atoms with Crippen LogP contribution in [0.2, 0.25) is 0 Å². The molecule has 176 valence electrons. The van der Waals surface area contributed by atoms with Gasteiger partial charge in [0.15, 0.2) is 11.3 Å². The number of alkyl halides is 5. The number of aromatic nitrogens is 5. The van der Waals surface area contributed by atoms with Crippen molar-refractivity contribution in [3.8, 4) is 0 Å². The van der Waals surface area contributed by atoms with Crippen LogP contribution >= 0.6 is 0 Å². The van der Waals surface area contributed by atoms with Gasteiger partial charge in [-0.1, -0.05) is 0 Å². The van der Waals surface area contributed by atoms with Gasteiger partial charge in [0, 0.05) is 36.3 Å². The molecular formula is C21H21F5N6O. The molecule has 0 aromatic carbocycles. The van der Waals surface area contributed by atoms with E-state index in [1.165, 1.54) is 16.9 Å². The Hall–Kier alpha value is -3.05. The first kappa shape index (κ1) is 21.8. The molecule has 33 heavy (non-hydrogen) atoms. The summed E-state index contributed by atoms with van der Waals surface area (Å²) < 4.78 is 68.3. The second kappa shape index (κ2) is 8.07. The smallest absolute Gasteiger partial charge is 0.352 e. The number of rotatable bonds is 8. The van der Waals surface area contributed by atoms with Gasteiger partial charge in [-0.25, -0.2) is 18.3 Å². The Balaban J connectivity index is 1.26. The molecule has 12 heteroatoms. The van der Waals surface area contributed by atoms with Crippen molar-refractivity contribution in [1.82, 2.24) is 29.7 Å². The maximum absolute atomic E-state index is 13.5. The van der Waals surface area contributed by atoms with Gasteiger partial charge < -0.3 is 5.32 Å². The van der Waals surface area contributed by atoms with E-state index in [4.69, 9.17) is 0 Å². The summed E-state index contributed by atoms with van der Waals surface area (Å²) in [6.45, 7) is 0.391. The highest BCUT2D eigenvalue weighted by molar-refractivity contribution is 5.99. The fourth-order valence-electron chi connectivity index (χ4n) is 3.89. The summed E-state index contributed by atoms with van der Waals surface area (Å²) in [5.74, 6) is -0.308. The fourth-order valence-corrected chi connectivity index (χ4v) is 3.89. The van der Waals surface area contributed by atoms with E-state index < -0.39 is 24.2 Å². The average Bonchev–Trinajstić information content (AvgIpc) is 3.69. The van der Waals surface area contributed by atoms with E-state index in [1.54, 1.807) is 0 Å². The number of nitrogens with zero attached hydrogens (tertiary/aromatic N) is 5. The van der Waals surface area contributed by atoms with Crippen LogP contribution in [0.3, 0.4) is 0 Å². The van der Waals surface area contributed by atoms with Crippen LogP contribution in [-0.4, -0.2) is 36.8 Å². The van der Waals surface area contributed by atoms with Crippen molar-refractivity contribution in [2.75, 3.05) is 6.54 Å². The highest BCUT2D eigenvalue weighted by atomic mass is 19.4. The van der Waals surface area contributed by atoms with Gasteiger partial charge in [-0.2, -0.15) is 23.4 Å². The van der Waals surface area contributed by atoms with Crippen molar-refractivity contribution >= 4 is 11.6 Å². The third-order valence-corrected chi connectivity index (χ3v) is 5.91. The standard InChI is InChI=1S/C21H21F5N6O/c22-18(23)16-8-14(11-2-3-11)29-19-13(10-28-32(16)19)20(33)27-6-1-7-31-15(12-4-5-12)9-17(30-31)21(24,25)26/h8-12,18H,1-7H2,(H,27,33). The minimum atomic E-state index is -4.50. The topological polar surface area (TPSA) is 77.1 Å². The minimum Gasteiger partial charge on any atom is -0.352 e. The van der Waals surface area contributed by atoms with E-state index in [0.29, 0.717) is 17.8 Å². The van der Waals surface area contributed by atoms with Crippen LogP contribution in [0.25, 0.3) is 5.65 Å². The summed E-state index contributed by atoms with van der Waals surface area (Å²) in [4.78, 5) is 17.1. The van der Waals surface area contributed by atoms with Gasteiger partial charge in [0.2, 0.25) is 0 Å². The summed E-state index contributed by atoms with van der Waals surface area (Å²) >= 11 is 0. The molecule has 0 bridgehead atoms. The normalized spacial score (nSPS) is 16.7. The summed E-state index contributed by atoms with van der Waals surface area (Å²) in [5, 5.41) is 10.3. The van der Waals surface area contributed by atoms with E-state index >= 15 is 0 Å². The highest BCUT2D eigenvalue weighted by Crippen LogP contribution is 2.42. The van der Waals surface area contributed by atoms with E-state index in [2.05, 4.69) is 20.5 Å². The van der Waals surface area contributed by atoms with Crippen molar-refractivity contribution in [1.29, 1.82) is 0 Å². The molecule has 3 heterocycles. The Bertz CT molecular complexity index is 1190. The average molecular weight is 468 g/mol. The summed E-state index contributed by atoms with van der Waals surface area (Å²) in [6, 6.07) is 2.43. The number of nitrogens with one attached hydrogen (secondary N) is 1. The summed E-state index contributed by atoms with van der Waals surface area (Å²) in [5.41, 5.74) is 0.0215. The molecule has 0 saturated heterocycles. The summed E-state index contributed by atoms with van der Waals surface area (Å²) in [6.07, 6.45) is -2.30. The zero-order chi connectivity index (χ0) is 23.3. The first-order valence-electron chi connectivity index (χ1n) is 10.8. The van der Waals surface area contributed by atoms with Gasteiger partial charge in [-0.3, -0.25) is 9.48 Å². The molecule has 3 aromatic heterocycles. The number of fused-ring (bicyclic) bond motifs is 1. The van der Waals surface area contributed by atoms with Crippen LogP contribution in [0.15, 0.2) is 18.3 Å². The quantitative estimate of drug-likeness (QED) is 0.391. The number of halogens is 5. The molecule has 0 radical (unpaired) electrons. The number of aryl methyl sites for hydroxylation is 1. The van der Waals surface area contributed by atoms with Crippen molar-refractivity contribution in [2.45, 2.75) is 63.1 Å². The molecule has 2 aliphatic carbocycles. The van der Waals surface area contributed by atoms with Gasteiger partial charge in [0.1, 0.15) is 11.3 Å². The lowest BCUT2D eigenvalue weighted by Gasteiger charge is -2.09. The van der Waals surface area contributed by atoms with Gasteiger partial charge in [-0.15, -0.1) is 0 Å². The molecular weight excluding hydrogens is 447 g/mol. The largest absolute Gasteiger partial charge is 0.435 e. The zero-order valence-corrected chi connectivity index (χ0v) is 17.4. The molecule has 2 fully saturated rings. The van der Waals surface area contributed by atoms with E-state index in [1.807, 2.05) is 0 Å². The monoisotopic (exact) mass is 468 g/mol. The van der Waals surface area contributed by atoms with Gasteiger partial charge >= 0.3 is 6.18 Å². The lowest BCUT2D eigenvalue weighted by atomic mass is 10.2. The van der Waals surface area contributed by atoms with Crippen LogP contribution in [-0.2, 0) is 12.7 Å². The molecule has 0 atom stereocenters. The molecule has 0 spiro atoms. The maximum Gasteiger partial charge on any atom is 0.435 e. The molecule has 7 nitrogen and oxygen atoms in total.